The molecule has 1 aromatic rings. The van der Waals surface area contributed by atoms with Gasteiger partial charge in [-0.2, -0.15) is 24.9 Å². The van der Waals surface area contributed by atoms with Gasteiger partial charge in [-0.3, -0.25) is 0 Å². The molecule has 0 aliphatic carbocycles. The molecular weight excluding hydrogens is 273 g/mol. The third-order valence-electron chi connectivity index (χ3n) is 1.99. The highest BCUT2D eigenvalue weighted by Gasteiger charge is 2.31. The van der Waals surface area contributed by atoms with Crippen LogP contribution in [0.1, 0.15) is 12.0 Å². The summed E-state index contributed by atoms with van der Waals surface area (Å²) >= 11 is 7.42. The summed E-state index contributed by atoms with van der Waals surface area (Å²) in [7, 11) is 0. The van der Waals surface area contributed by atoms with Gasteiger partial charge in [0.25, 0.3) is 0 Å². The first-order valence-electron chi connectivity index (χ1n) is 4.90. The summed E-state index contributed by atoms with van der Waals surface area (Å²) in [4.78, 5) is 3.67. The number of hydrogen-bond acceptors (Lipinski definition) is 3. The summed E-state index contributed by atoms with van der Waals surface area (Å²) in [6.07, 6.45) is -0.736. The first kappa shape index (κ1) is 14.4. The van der Waals surface area contributed by atoms with Crippen molar-refractivity contribution in [3.05, 3.63) is 22.8 Å². The Labute approximate surface area is 107 Å². The molecule has 0 radical (unpaired) electrons. The second-order valence-corrected chi connectivity index (χ2v) is 4.72. The van der Waals surface area contributed by atoms with E-state index in [9.17, 15) is 13.2 Å². The molecule has 0 spiro atoms. The Balaban J connectivity index is 2.64. The minimum Gasteiger partial charge on any atom is -0.369 e. The molecule has 1 rings (SSSR count). The van der Waals surface area contributed by atoms with E-state index in [1.807, 2.05) is 6.26 Å². The molecule has 1 heterocycles. The van der Waals surface area contributed by atoms with Crippen molar-refractivity contribution in [2.75, 3.05) is 23.9 Å². The molecule has 0 unspecified atom stereocenters. The zero-order chi connectivity index (χ0) is 12.9. The van der Waals surface area contributed by atoms with Crippen LogP contribution >= 0.6 is 23.4 Å². The van der Waals surface area contributed by atoms with Gasteiger partial charge in [0.2, 0.25) is 0 Å². The normalized spacial score (nSPS) is 11.6. The molecule has 0 fully saturated rings. The molecule has 0 amide bonds. The number of thioether (sulfide) groups is 1. The van der Waals surface area contributed by atoms with E-state index in [-0.39, 0.29) is 5.02 Å². The lowest BCUT2D eigenvalue weighted by Gasteiger charge is -2.10. The Morgan fingerprint density at radius 2 is 2.18 bits per heavy atom. The number of hydrogen-bond donors (Lipinski definition) is 1. The molecule has 0 atom stereocenters. The molecule has 0 saturated heterocycles. The van der Waals surface area contributed by atoms with Crippen molar-refractivity contribution in [2.24, 2.45) is 0 Å². The number of alkyl halides is 3. The third-order valence-corrected chi connectivity index (χ3v) is 2.97. The minimum absolute atomic E-state index is 0.0102. The molecule has 0 bridgehead atoms. The summed E-state index contributed by atoms with van der Waals surface area (Å²) in [5, 5.41) is 2.89. The van der Waals surface area contributed by atoms with Gasteiger partial charge in [-0.25, -0.2) is 4.98 Å². The quantitative estimate of drug-likeness (QED) is 0.830. The molecule has 0 aromatic carbocycles. The van der Waals surface area contributed by atoms with Gasteiger partial charge in [0, 0.05) is 12.7 Å². The summed E-state index contributed by atoms with van der Waals surface area (Å²) < 4.78 is 37.0. The van der Waals surface area contributed by atoms with Crippen LogP contribution < -0.4 is 5.32 Å². The fraction of sp³-hybridized carbons (Fsp3) is 0.500. The maximum atomic E-state index is 12.3. The van der Waals surface area contributed by atoms with Gasteiger partial charge in [0.05, 0.1) is 10.6 Å². The molecule has 0 saturated carbocycles. The SMILES string of the molecule is CSCCCNc1ncc(C(F)(F)F)cc1Cl. The van der Waals surface area contributed by atoms with Crippen LogP contribution in [0.25, 0.3) is 0 Å². The van der Waals surface area contributed by atoms with E-state index < -0.39 is 11.7 Å². The minimum atomic E-state index is -4.41. The second kappa shape index (κ2) is 6.35. The van der Waals surface area contributed by atoms with E-state index in [4.69, 9.17) is 11.6 Å². The number of anilines is 1. The van der Waals surface area contributed by atoms with Gasteiger partial charge in [0.1, 0.15) is 5.82 Å². The second-order valence-electron chi connectivity index (χ2n) is 3.33. The van der Waals surface area contributed by atoms with Crippen LogP contribution in [0.2, 0.25) is 5.02 Å². The lowest BCUT2D eigenvalue weighted by Crippen LogP contribution is -2.09. The summed E-state index contributed by atoms with van der Waals surface area (Å²) in [5.41, 5.74) is -0.836. The number of aromatic nitrogens is 1. The summed E-state index contributed by atoms with van der Waals surface area (Å²) in [6, 6.07) is 0.880. The van der Waals surface area contributed by atoms with E-state index in [2.05, 4.69) is 10.3 Å². The van der Waals surface area contributed by atoms with Crippen molar-refractivity contribution in [1.82, 2.24) is 4.98 Å². The van der Waals surface area contributed by atoms with E-state index in [1.54, 1.807) is 11.8 Å². The smallest absolute Gasteiger partial charge is 0.369 e. The zero-order valence-electron chi connectivity index (χ0n) is 9.14. The highest BCUT2D eigenvalue weighted by atomic mass is 35.5. The summed E-state index contributed by atoms with van der Waals surface area (Å²) in [6.45, 7) is 0.638. The van der Waals surface area contributed by atoms with Crippen LogP contribution in [0, 0.1) is 0 Å². The van der Waals surface area contributed by atoms with Crippen molar-refractivity contribution >= 4 is 29.2 Å². The molecule has 0 aliphatic heterocycles. The van der Waals surface area contributed by atoms with Crippen molar-refractivity contribution < 1.29 is 13.2 Å². The Kier molecular flexibility index (Phi) is 5.39. The monoisotopic (exact) mass is 284 g/mol. The number of halogens is 4. The molecule has 0 aliphatic rings. The molecular formula is C10H12ClF3N2S. The Morgan fingerprint density at radius 3 is 2.71 bits per heavy atom. The lowest BCUT2D eigenvalue weighted by atomic mass is 10.3. The molecule has 7 heteroatoms. The molecule has 1 aromatic heterocycles. The van der Waals surface area contributed by atoms with Crippen molar-refractivity contribution in [3.63, 3.8) is 0 Å². The van der Waals surface area contributed by atoms with E-state index >= 15 is 0 Å². The van der Waals surface area contributed by atoms with Gasteiger partial charge in [-0.15, -0.1) is 0 Å². The third kappa shape index (κ3) is 4.63. The Hall–Kier alpha value is -0.620. The van der Waals surface area contributed by atoms with Crippen LogP contribution in [-0.2, 0) is 6.18 Å². The van der Waals surface area contributed by atoms with Crippen molar-refractivity contribution in [1.29, 1.82) is 0 Å². The summed E-state index contributed by atoms with van der Waals surface area (Å²) in [5.74, 6) is 1.27. The lowest BCUT2D eigenvalue weighted by molar-refractivity contribution is -0.137. The standard InChI is InChI=1S/C10H12ClF3N2S/c1-17-4-2-3-15-9-8(11)5-7(6-16-9)10(12,13)14/h5-6H,2-4H2,1H3,(H,15,16). The first-order valence-corrected chi connectivity index (χ1v) is 6.68. The maximum Gasteiger partial charge on any atom is 0.417 e. The highest BCUT2D eigenvalue weighted by molar-refractivity contribution is 7.98. The fourth-order valence-electron chi connectivity index (χ4n) is 1.15. The first-order chi connectivity index (χ1) is 7.95. The van der Waals surface area contributed by atoms with Crippen molar-refractivity contribution in [3.8, 4) is 0 Å². The number of nitrogens with one attached hydrogen (secondary N) is 1. The average molecular weight is 285 g/mol. The number of nitrogens with zero attached hydrogens (tertiary/aromatic N) is 1. The van der Waals surface area contributed by atoms with Gasteiger partial charge >= 0.3 is 6.18 Å². The van der Waals surface area contributed by atoms with Gasteiger partial charge < -0.3 is 5.32 Å². The topological polar surface area (TPSA) is 24.9 Å². The average Bonchev–Trinajstić information content (AvgIpc) is 2.24. The number of rotatable bonds is 5. The predicted molar refractivity (Wildman–Crippen MR) is 65.7 cm³/mol. The molecule has 96 valence electrons. The van der Waals surface area contributed by atoms with Crippen LogP contribution in [0.3, 0.4) is 0 Å². The maximum absolute atomic E-state index is 12.3. The van der Waals surface area contributed by atoms with Crippen LogP contribution in [0.4, 0.5) is 19.0 Å². The van der Waals surface area contributed by atoms with Crippen LogP contribution in [0.5, 0.6) is 0 Å². The van der Waals surface area contributed by atoms with Crippen molar-refractivity contribution in [2.45, 2.75) is 12.6 Å². The van der Waals surface area contributed by atoms with Gasteiger partial charge in [-0.1, -0.05) is 11.6 Å². The number of pyridine rings is 1. The van der Waals surface area contributed by atoms with Crippen LogP contribution in [0.15, 0.2) is 12.3 Å². The Bertz CT molecular complexity index is 371. The van der Waals surface area contributed by atoms with E-state index in [0.29, 0.717) is 12.4 Å². The fourth-order valence-corrected chi connectivity index (χ4v) is 1.81. The van der Waals surface area contributed by atoms with E-state index in [1.165, 1.54) is 0 Å². The largest absolute Gasteiger partial charge is 0.417 e. The zero-order valence-corrected chi connectivity index (χ0v) is 10.7. The molecule has 1 N–H and O–H groups in total. The highest BCUT2D eigenvalue weighted by Crippen LogP contribution is 2.32. The predicted octanol–water partition coefficient (Wildman–Crippen LogP) is 3.92. The molecule has 17 heavy (non-hydrogen) atoms. The Morgan fingerprint density at radius 1 is 1.47 bits per heavy atom. The van der Waals surface area contributed by atoms with E-state index in [0.717, 1.165) is 24.4 Å². The van der Waals surface area contributed by atoms with Crippen LogP contribution in [-0.4, -0.2) is 23.5 Å². The van der Waals surface area contributed by atoms with Gasteiger partial charge in [0.15, 0.2) is 0 Å². The van der Waals surface area contributed by atoms with Gasteiger partial charge in [-0.05, 0) is 24.5 Å². The molecule has 2 nitrogen and oxygen atoms in total.